The normalized spacial score (nSPS) is 19.5. The van der Waals surface area contributed by atoms with E-state index >= 15 is 0 Å². The number of allylic oxidation sites excluding steroid dienone is 6. The Kier molecular flexibility index (Phi) is 3.15. The van der Waals surface area contributed by atoms with Crippen molar-refractivity contribution in [3.63, 3.8) is 0 Å². The average molecular weight is 148 g/mol. The predicted octanol–water partition coefficient (Wildman–Crippen LogP) is 3.62. The van der Waals surface area contributed by atoms with Crippen LogP contribution in [0.1, 0.15) is 33.1 Å². The van der Waals surface area contributed by atoms with Gasteiger partial charge in [-0.25, -0.2) is 0 Å². The van der Waals surface area contributed by atoms with Crippen LogP contribution in [0.5, 0.6) is 0 Å². The van der Waals surface area contributed by atoms with Crippen molar-refractivity contribution in [3.05, 3.63) is 35.5 Å². The fourth-order valence-corrected chi connectivity index (χ4v) is 1.39. The lowest BCUT2D eigenvalue weighted by Crippen LogP contribution is -1.82. The lowest BCUT2D eigenvalue weighted by Gasteiger charge is -2.01. The van der Waals surface area contributed by atoms with Crippen molar-refractivity contribution >= 4 is 0 Å². The Labute approximate surface area is 69.3 Å². The van der Waals surface area contributed by atoms with E-state index in [1.807, 2.05) is 0 Å². The summed E-state index contributed by atoms with van der Waals surface area (Å²) in [6.45, 7) is 4.41. The largest absolute Gasteiger partial charge is 0.0773 e. The van der Waals surface area contributed by atoms with Gasteiger partial charge in [0, 0.05) is 0 Å². The first-order valence-corrected chi connectivity index (χ1v) is 4.46. The van der Waals surface area contributed by atoms with E-state index in [0.717, 1.165) is 6.42 Å². The Hall–Kier alpha value is -0.780. The summed E-state index contributed by atoms with van der Waals surface area (Å²) in [6.07, 6.45) is 12.5. The molecule has 0 heterocycles. The Morgan fingerprint density at radius 3 is 2.82 bits per heavy atom. The van der Waals surface area contributed by atoms with Crippen molar-refractivity contribution in [1.29, 1.82) is 0 Å². The molecule has 0 nitrogen and oxygen atoms in total. The second kappa shape index (κ2) is 4.17. The van der Waals surface area contributed by atoms with Gasteiger partial charge < -0.3 is 0 Å². The number of rotatable bonds is 3. The molecule has 0 N–H and O–H groups in total. The van der Waals surface area contributed by atoms with E-state index in [9.17, 15) is 0 Å². The topological polar surface area (TPSA) is 0 Å². The van der Waals surface area contributed by atoms with Gasteiger partial charge in [-0.05, 0) is 24.0 Å². The highest BCUT2D eigenvalue weighted by Gasteiger charge is 2.03. The highest BCUT2D eigenvalue weighted by atomic mass is 14.1. The minimum Gasteiger partial charge on any atom is -0.0773 e. The smallest absolute Gasteiger partial charge is 0.0265 e. The van der Waals surface area contributed by atoms with Gasteiger partial charge in [0.05, 0.1) is 0 Å². The summed E-state index contributed by atoms with van der Waals surface area (Å²) < 4.78 is 0. The molecule has 60 valence electrons. The van der Waals surface area contributed by atoms with Crippen LogP contribution in [0.4, 0.5) is 0 Å². The molecule has 0 bridgehead atoms. The third kappa shape index (κ3) is 2.07. The van der Waals surface area contributed by atoms with Crippen LogP contribution < -0.4 is 0 Å². The van der Waals surface area contributed by atoms with Crippen molar-refractivity contribution in [1.82, 2.24) is 0 Å². The third-order valence-corrected chi connectivity index (χ3v) is 1.89. The quantitative estimate of drug-likeness (QED) is 0.573. The first-order valence-electron chi connectivity index (χ1n) is 4.46. The average Bonchev–Trinajstić information content (AvgIpc) is 2.39. The van der Waals surface area contributed by atoms with E-state index in [1.165, 1.54) is 24.0 Å². The number of hydrogen-bond acceptors (Lipinski definition) is 0. The molecule has 0 atom stereocenters. The molecular weight excluding hydrogens is 132 g/mol. The predicted molar refractivity (Wildman–Crippen MR) is 50.5 cm³/mol. The first kappa shape index (κ1) is 8.32. The van der Waals surface area contributed by atoms with Crippen LogP contribution in [0.2, 0.25) is 0 Å². The van der Waals surface area contributed by atoms with Crippen molar-refractivity contribution in [2.45, 2.75) is 33.1 Å². The molecule has 11 heavy (non-hydrogen) atoms. The maximum atomic E-state index is 2.30. The van der Waals surface area contributed by atoms with Crippen molar-refractivity contribution in [2.24, 2.45) is 0 Å². The van der Waals surface area contributed by atoms with Gasteiger partial charge in [-0.15, -0.1) is 0 Å². The molecule has 0 heteroatoms. The van der Waals surface area contributed by atoms with Gasteiger partial charge in [-0.2, -0.15) is 0 Å². The molecule has 0 saturated heterocycles. The van der Waals surface area contributed by atoms with E-state index in [1.54, 1.807) is 0 Å². The summed E-state index contributed by atoms with van der Waals surface area (Å²) in [4.78, 5) is 0. The molecule has 1 aliphatic rings. The van der Waals surface area contributed by atoms with Crippen LogP contribution in [0, 0.1) is 0 Å². The van der Waals surface area contributed by atoms with Crippen LogP contribution >= 0.6 is 0 Å². The molecule has 0 fully saturated rings. The number of hydrogen-bond donors (Lipinski definition) is 0. The molecule has 0 spiro atoms. The van der Waals surface area contributed by atoms with E-state index in [4.69, 9.17) is 0 Å². The molecule has 0 aromatic heterocycles. The minimum atomic E-state index is 1.14. The highest BCUT2D eigenvalue weighted by Crippen LogP contribution is 2.22. The molecule has 0 radical (unpaired) electrons. The van der Waals surface area contributed by atoms with Crippen molar-refractivity contribution in [3.8, 4) is 0 Å². The zero-order valence-corrected chi connectivity index (χ0v) is 7.43. The van der Waals surface area contributed by atoms with Gasteiger partial charge in [0.1, 0.15) is 0 Å². The van der Waals surface area contributed by atoms with Gasteiger partial charge in [0.2, 0.25) is 0 Å². The van der Waals surface area contributed by atoms with Crippen LogP contribution in [-0.2, 0) is 0 Å². The van der Waals surface area contributed by atoms with E-state index in [-0.39, 0.29) is 0 Å². The zero-order valence-electron chi connectivity index (χ0n) is 7.43. The minimum absolute atomic E-state index is 1.14. The van der Waals surface area contributed by atoms with Crippen LogP contribution in [0.15, 0.2) is 35.5 Å². The Morgan fingerprint density at radius 2 is 2.18 bits per heavy atom. The summed E-state index contributed by atoms with van der Waals surface area (Å²) in [5.41, 5.74) is 2.95. The SMILES string of the molecule is CC/C=C1/C=CC=C1CCC. The monoisotopic (exact) mass is 148 g/mol. The Bertz CT molecular complexity index is 204. The van der Waals surface area contributed by atoms with E-state index in [2.05, 4.69) is 38.2 Å². The summed E-state index contributed by atoms with van der Waals surface area (Å²) >= 11 is 0. The zero-order chi connectivity index (χ0) is 8.10. The molecule has 1 aliphatic carbocycles. The first-order chi connectivity index (χ1) is 5.38. The molecule has 0 unspecified atom stereocenters. The summed E-state index contributed by atoms with van der Waals surface area (Å²) in [6, 6.07) is 0. The summed E-state index contributed by atoms with van der Waals surface area (Å²) in [5, 5.41) is 0. The third-order valence-electron chi connectivity index (χ3n) is 1.89. The lowest BCUT2D eigenvalue weighted by atomic mass is 10.0. The molecule has 0 amide bonds. The summed E-state index contributed by atoms with van der Waals surface area (Å²) in [7, 11) is 0. The van der Waals surface area contributed by atoms with E-state index < -0.39 is 0 Å². The maximum Gasteiger partial charge on any atom is -0.0265 e. The van der Waals surface area contributed by atoms with Gasteiger partial charge >= 0.3 is 0 Å². The standard InChI is InChI=1S/C11H16/c1-3-6-10-8-5-9-11(10)7-4-2/h5-6,8-9H,3-4,7H2,1-2H3/b10-6-. The highest BCUT2D eigenvalue weighted by molar-refractivity contribution is 5.47. The second-order valence-electron chi connectivity index (χ2n) is 2.87. The molecule has 0 saturated carbocycles. The lowest BCUT2D eigenvalue weighted by molar-refractivity contribution is 0.919. The van der Waals surface area contributed by atoms with Crippen molar-refractivity contribution < 1.29 is 0 Å². The van der Waals surface area contributed by atoms with Crippen LogP contribution in [-0.4, -0.2) is 0 Å². The molecule has 0 aromatic rings. The fourth-order valence-electron chi connectivity index (χ4n) is 1.39. The van der Waals surface area contributed by atoms with E-state index in [0.29, 0.717) is 0 Å². The van der Waals surface area contributed by atoms with Gasteiger partial charge in [-0.1, -0.05) is 44.6 Å². The molecular formula is C11H16. The molecule has 1 rings (SSSR count). The van der Waals surface area contributed by atoms with Crippen LogP contribution in [0.25, 0.3) is 0 Å². The Balaban J connectivity index is 2.61. The summed E-state index contributed by atoms with van der Waals surface area (Å²) in [5.74, 6) is 0. The Morgan fingerprint density at radius 1 is 1.36 bits per heavy atom. The van der Waals surface area contributed by atoms with Crippen LogP contribution in [0.3, 0.4) is 0 Å². The molecule has 0 aliphatic heterocycles. The molecule has 0 aromatic carbocycles. The van der Waals surface area contributed by atoms with Crippen molar-refractivity contribution in [2.75, 3.05) is 0 Å². The second-order valence-corrected chi connectivity index (χ2v) is 2.87. The van der Waals surface area contributed by atoms with Gasteiger partial charge in [0.15, 0.2) is 0 Å². The fraction of sp³-hybridized carbons (Fsp3) is 0.455. The maximum absolute atomic E-state index is 2.30. The van der Waals surface area contributed by atoms with Gasteiger partial charge in [0.25, 0.3) is 0 Å². The van der Waals surface area contributed by atoms with Gasteiger partial charge in [-0.3, -0.25) is 0 Å².